The summed E-state index contributed by atoms with van der Waals surface area (Å²) in [6.45, 7) is 1.65. The smallest absolute Gasteiger partial charge is 0.245 e. The van der Waals surface area contributed by atoms with E-state index in [1.54, 1.807) is 38.2 Å². The predicted molar refractivity (Wildman–Crippen MR) is 82.7 cm³/mol. The van der Waals surface area contributed by atoms with E-state index in [4.69, 9.17) is 16.1 Å². The second kappa shape index (κ2) is 7.09. The van der Waals surface area contributed by atoms with Crippen LogP contribution in [0.1, 0.15) is 11.3 Å². The summed E-state index contributed by atoms with van der Waals surface area (Å²) in [6.07, 6.45) is 0.145. The van der Waals surface area contributed by atoms with Gasteiger partial charge in [-0.25, -0.2) is 0 Å². The first-order chi connectivity index (χ1) is 10.5. The maximum absolute atomic E-state index is 12.1. The Morgan fingerprint density at radius 1 is 1.36 bits per heavy atom. The Hall–Kier alpha value is -2.34. The van der Waals surface area contributed by atoms with E-state index in [1.165, 1.54) is 4.90 Å². The molecule has 0 radical (unpaired) electrons. The number of nitrogens with zero attached hydrogens (tertiary/aromatic N) is 2. The maximum atomic E-state index is 12.1. The largest absolute Gasteiger partial charge is 0.360 e. The molecule has 0 saturated heterocycles. The summed E-state index contributed by atoms with van der Waals surface area (Å²) in [5.41, 5.74) is 0.730. The SMILES string of the molecule is Cc1cc(NC(=O)CN(C)C(=O)Cc2ccccc2Cl)no1. The van der Waals surface area contributed by atoms with E-state index in [-0.39, 0.29) is 24.8 Å². The number of carbonyl (C=O) groups is 2. The van der Waals surface area contributed by atoms with E-state index in [0.717, 1.165) is 5.56 Å². The fourth-order valence-corrected chi connectivity index (χ4v) is 2.05. The molecular formula is C15H16ClN3O3. The quantitative estimate of drug-likeness (QED) is 0.916. The van der Waals surface area contributed by atoms with Crippen LogP contribution >= 0.6 is 11.6 Å². The molecule has 7 heteroatoms. The minimum atomic E-state index is -0.344. The van der Waals surface area contributed by atoms with Crippen molar-refractivity contribution in [2.24, 2.45) is 0 Å². The third kappa shape index (κ3) is 4.33. The molecule has 0 fully saturated rings. The molecule has 1 heterocycles. The molecule has 6 nitrogen and oxygen atoms in total. The minimum Gasteiger partial charge on any atom is -0.360 e. The van der Waals surface area contributed by atoms with E-state index in [0.29, 0.717) is 16.6 Å². The highest BCUT2D eigenvalue weighted by Crippen LogP contribution is 2.16. The van der Waals surface area contributed by atoms with Crippen molar-refractivity contribution in [1.29, 1.82) is 0 Å². The van der Waals surface area contributed by atoms with Gasteiger partial charge in [0.25, 0.3) is 0 Å². The Bertz CT molecular complexity index is 684. The summed E-state index contributed by atoms with van der Waals surface area (Å²) >= 11 is 6.02. The first-order valence-electron chi connectivity index (χ1n) is 6.66. The molecule has 0 aliphatic carbocycles. The van der Waals surface area contributed by atoms with Gasteiger partial charge >= 0.3 is 0 Å². The van der Waals surface area contributed by atoms with Gasteiger partial charge in [-0.2, -0.15) is 0 Å². The van der Waals surface area contributed by atoms with Crippen molar-refractivity contribution >= 4 is 29.2 Å². The lowest BCUT2D eigenvalue weighted by Crippen LogP contribution is -2.35. The van der Waals surface area contributed by atoms with Gasteiger partial charge in [-0.1, -0.05) is 35.0 Å². The van der Waals surface area contributed by atoms with Crippen molar-refractivity contribution in [2.75, 3.05) is 18.9 Å². The van der Waals surface area contributed by atoms with Crippen LogP contribution in [0.4, 0.5) is 5.82 Å². The van der Waals surface area contributed by atoms with Crippen LogP contribution in [0.5, 0.6) is 0 Å². The number of nitrogens with one attached hydrogen (secondary N) is 1. The first-order valence-corrected chi connectivity index (χ1v) is 7.04. The van der Waals surface area contributed by atoms with Gasteiger partial charge in [-0.05, 0) is 18.6 Å². The van der Waals surface area contributed by atoms with Gasteiger partial charge in [0.05, 0.1) is 13.0 Å². The zero-order chi connectivity index (χ0) is 16.1. The molecule has 116 valence electrons. The number of amides is 2. The molecule has 1 N–H and O–H groups in total. The number of aryl methyl sites for hydroxylation is 1. The third-order valence-electron chi connectivity index (χ3n) is 3.00. The number of halogens is 1. The van der Waals surface area contributed by atoms with Gasteiger partial charge in [0, 0.05) is 18.1 Å². The van der Waals surface area contributed by atoms with Crippen LogP contribution in [0.25, 0.3) is 0 Å². The van der Waals surface area contributed by atoms with Crippen molar-refractivity contribution in [1.82, 2.24) is 10.1 Å². The zero-order valence-electron chi connectivity index (χ0n) is 12.3. The normalized spacial score (nSPS) is 10.3. The highest BCUT2D eigenvalue weighted by atomic mass is 35.5. The van der Waals surface area contributed by atoms with Crippen LogP contribution in [-0.4, -0.2) is 35.5 Å². The van der Waals surface area contributed by atoms with Crippen LogP contribution < -0.4 is 5.32 Å². The van der Waals surface area contributed by atoms with E-state index in [9.17, 15) is 9.59 Å². The number of aromatic nitrogens is 1. The number of benzene rings is 1. The number of hydrogen-bond acceptors (Lipinski definition) is 4. The lowest BCUT2D eigenvalue weighted by atomic mass is 10.1. The van der Waals surface area contributed by atoms with Crippen LogP contribution in [-0.2, 0) is 16.0 Å². The Labute approximate surface area is 133 Å². The third-order valence-corrected chi connectivity index (χ3v) is 3.37. The second-order valence-electron chi connectivity index (χ2n) is 4.89. The Morgan fingerprint density at radius 2 is 2.09 bits per heavy atom. The summed E-state index contributed by atoms with van der Waals surface area (Å²) in [5.74, 6) is 0.385. The number of hydrogen-bond donors (Lipinski definition) is 1. The van der Waals surface area contributed by atoms with Crippen LogP contribution in [0.15, 0.2) is 34.9 Å². The van der Waals surface area contributed by atoms with Crippen LogP contribution in [0.2, 0.25) is 5.02 Å². The van der Waals surface area contributed by atoms with Gasteiger partial charge < -0.3 is 14.7 Å². The van der Waals surface area contributed by atoms with E-state index in [2.05, 4.69) is 10.5 Å². The summed E-state index contributed by atoms with van der Waals surface area (Å²) in [7, 11) is 1.56. The number of rotatable bonds is 5. The Morgan fingerprint density at radius 3 is 2.73 bits per heavy atom. The topological polar surface area (TPSA) is 75.4 Å². The highest BCUT2D eigenvalue weighted by molar-refractivity contribution is 6.31. The maximum Gasteiger partial charge on any atom is 0.245 e. The highest BCUT2D eigenvalue weighted by Gasteiger charge is 2.15. The molecule has 0 atom stereocenters. The monoisotopic (exact) mass is 321 g/mol. The Kier molecular flexibility index (Phi) is 5.16. The molecule has 0 bridgehead atoms. The van der Waals surface area contributed by atoms with E-state index in [1.807, 2.05) is 6.07 Å². The van der Waals surface area contributed by atoms with Crippen molar-refractivity contribution in [3.63, 3.8) is 0 Å². The molecule has 1 aromatic heterocycles. The van der Waals surface area contributed by atoms with Gasteiger partial charge in [0.2, 0.25) is 11.8 Å². The summed E-state index contributed by atoms with van der Waals surface area (Å²) < 4.78 is 4.85. The zero-order valence-corrected chi connectivity index (χ0v) is 13.1. The molecule has 2 rings (SSSR count). The molecule has 0 spiro atoms. The molecular weight excluding hydrogens is 306 g/mol. The summed E-state index contributed by atoms with van der Waals surface area (Å²) in [5, 5.41) is 6.75. The number of anilines is 1. The average Bonchev–Trinajstić information content (AvgIpc) is 2.86. The van der Waals surface area contributed by atoms with Crippen molar-refractivity contribution in [3.8, 4) is 0 Å². The molecule has 1 aromatic carbocycles. The lowest BCUT2D eigenvalue weighted by molar-refractivity contribution is -0.132. The molecule has 0 aliphatic heterocycles. The molecule has 2 aromatic rings. The van der Waals surface area contributed by atoms with E-state index < -0.39 is 0 Å². The van der Waals surface area contributed by atoms with Gasteiger partial charge in [-0.3, -0.25) is 9.59 Å². The average molecular weight is 322 g/mol. The van der Waals surface area contributed by atoms with E-state index >= 15 is 0 Å². The fraction of sp³-hybridized carbons (Fsp3) is 0.267. The summed E-state index contributed by atoms with van der Waals surface area (Å²) in [4.78, 5) is 25.3. The van der Waals surface area contributed by atoms with Gasteiger partial charge in [0.1, 0.15) is 5.76 Å². The van der Waals surface area contributed by atoms with Crippen molar-refractivity contribution in [2.45, 2.75) is 13.3 Å². The second-order valence-corrected chi connectivity index (χ2v) is 5.30. The van der Waals surface area contributed by atoms with Crippen LogP contribution in [0, 0.1) is 6.92 Å². The number of carbonyl (C=O) groups excluding carboxylic acids is 2. The molecule has 22 heavy (non-hydrogen) atoms. The van der Waals surface area contributed by atoms with Gasteiger partial charge in [0.15, 0.2) is 5.82 Å². The fourth-order valence-electron chi connectivity index (χ4n) is 1.85. The van der Waals surface area contributed by atoms with Crippen molar-refractivity contribution < 1.29 is 14.1 Å². The standard InChI is InChI=1S/C15H16ClN3O3/c1-10-7-13(18-22-10)17-14(20)9-19(2)15(21)8-11-5-3-4-6-12(11)16/h3-7H,8-9H2,1-2H3,(H,17,18,20). The molecule has 0 saturated carbocycles. The number of likely N-dealkylation sites (N-methyl/N-ethyl adjacent to an activating group) is 1. The lowest BCUT2D eigenvalue weighted by Gasteiger charge is -2.16. The first kappa shape index (κ1) is 16.0. The van der Waals surface area contributed by atoms with Crippen LogP contribution in [0.3, 0.4) is 0 Å². The molecule has 0 unspecified atom stereocenters. The van der Waals surface area contributed by atoms with Crippen molar-refractivity contribution in [3.05, 3.63) is 46.7 Å². The minimum absolute atomic E-state index is 0.0742. The molecule has 0 aliphatic rings. The summed E-state index contributed by atoms with van der Waals surface area (Å²) in [6, 6.07) is 8.72. The Balaban J connectivity index is 1.88. The molecule has 2 amide bonds. The van der Waals surface area contributed by atoms with Gasteiger partial charge in [-0.15, -0.1) is 0 Å². The predicted octanol–water partition coefficient (Wildman–Crippen LogP) is 2.28.